The summed E-state index contributed by atoms with van der Waals surface area (Å²) < 4.78 is 4.82. The first-order valence-corrected chi connectivity index (χ1v) is 7.29. The number of aryl methyl sites for hydroxylation is 1. The van der Waals surface area contributed by atoms with Crippen LogP contribution < -0.4 is 5.32 Å². The fourth-order valence-corrected chi connectivity index (χ4v) is 2.71. The molecule has 1 saturated heterocycles. The SMILES string of the molecule is CNc1nc(C)cc(C(=O)N2CCCC[C@@H]2c2ncon2)n1. The molecule has 0 unspecified atom stereocenters. The van der Waals surface area contributed by atoms with Crippen molar-refractivity contribution in [1.82, 2.24) is 25.0 Å². The van der Waals surface area contributed by atoms with Crippen LogP contribution >= 0.6 is 0 Å². The number of nitrogens with one attached hydrogen (secondary N) is 1. The quantitative estimate of drug-likeness (QED) is 0.919. The molecule has 0 spiro atoms. The Hall–Kier alpha value is -2.51. The molecule has 116 valence electrons. The molecule has 0 saturated carbocycles. The molecule has 1 atom stereocenters. The summed E-state index contributed by atoms with van der Waals surface area (Å²) in [5, 5.41) is 6.76. The number of anilines is 1. The van der Waals surface area contributed by atoms with Crippen LogP contribution in [0.15, 0.2) is 17.0 Å². The number of piperidine rings is 1. The molecule has 1 aliphatic rings. The van der Waals surface area contributed by atoms with Gasteiger partial charge >= 0.3 is 0 Å². The predicted molar refractivity (Wildman–Crippen MR) is 78.2 cm³/mol. The van der Waals surface area contributed by atoms with E-state index < -0.39 is 0 Å². The minimum Gasteiger partial charge on any atom is -0.357 e. The van der Waals surface area contributed by atoms with Crippen LogP contribution in [0.2, 0.25) is 0 Å². The molecule has 0 aromatic carbocycles. The van der Waals surface area contributed by atoms with Crippen LogP contribution in [-0.2, 0) is 0 Å². The lowest BCUT2D eigenvalue weighted by molar-refractivity contribution is 0.0590. The number of amides is 1. The average molecular weight is 302 g/mol. The maximum atomic E-state index is 12.8. The summed E-state index contributed by atoms with van der Waals surface area (Å²) in [6.07, 6.45) is 4.12. The van der Waals surface area contributed by atoms with E-state index in [0.29, 0.717) is 24.0 Å². The van der Waals surface area contributed by atoms with Gasteiger partial charge in [-0.05, 0) is 32.3 Å². The molecule has 3 heterocycles. The van der Waals surface area contributed by atoms with Crippen molar-refractivity contribution in [2.75, 3.05) is 18.9 Å². The molecule has 8 nitrogen and oxygen atoms in total. The van der Waals surface area contributed by atoms with Gasteiger partial charge in [-0.25, -0.2) is 9.97 Å². The molecular formula is C14H18N6O2. The Morgan fingerprint density at radius 3 is 3.00 bits per heavy atom. The maximum Gasteiger partial charge on any atom is 0.273 e. The monoisotopic (exact) mass is 302 g/mol. The number of carbonyl (C=O) groups is 1. The van der Waals surface area contributed by atoms with Crippen LogP contribution in [0.25, 0.3) is 0 Å². The van der Waals surface area contributed by atoms with Gasteiger partial charge in [0.15, 0.2) is 5.82 Å². The Morgan fingerprint density at radius 1 is 1.41 bits per heavy atom. The van der Waals surface area contributed by atoms with Crippen molar-refractivity contribution in [3.05, 3.63) is 29.7 Å². The van der Waals surface area contributed by atoms with Crippen LogP contribution in [0.4, 0.5) is 5.95 Å². The highest BCUT2D eigenvalue weighted by atomic mass is 16.5. The Balaban J connectivity index is 1.90. The number of nitrogens with zero attached hydrogens (tertiary/aromatic N) is 5. The Morgan fingerprint density at radius 2 is 2.27 bits per heavy atom. The van der Waals surface area contributed by atoms with E-state index in [1.165, 1.54) is 6.39 Å². The summed E-state index contributed by atoms with van der Waals surface area (Å²) in [6, 6.07) is 1.54. The summed E-state index contributed by atoms with van der Waals surface area (Å²) in [4.78, 5) is 27.2. The molecule has 1 N–H and O–H groups in total. The first-order chi connectivity index (χ1) is 10.7. The topological polar surface area (TPSA) is 97.0 Å². The van der Waals surface area contributed by atoms with Crippen molar-refractivity contribution in [3.8, 4) is 0 Å². The average Bonchev–Trinajstić information content (AvgIpc) is 3.08. The molecule has 2 aromatic heterocycles. The van der Waals surface area contributed by atoms with Gasteiger partial charge in [-0.15, -0.1) is 0 Å². The Kier molecular flexibility index (Phi) is 3.99. The lowest BCUT2D eigenvalue weighted by Crippen LogP contribution is -2.39. The van der Waals surface area contributed by atoms with Gasteiger partial charge in [0, 0.05) is 19.3 Å². The van der Waals surface area contributed by atoms with E-state index in [1.807, 2.05) is 6.92 Å². The van der Waals surface area contributed by atoms with E-state index in [2.05, 4.69) is 25.4 Å². The predicted octanol–water partition coefficient (Wildman–Crippen LogP) is 1.58. The third-order valence-electron chi connectivity index (χ3n) is 3.74. The number of hydrogen-bond donors (Lipinski definition) is 1. The van der Waals surface area contributed by atoms with Crippen molar-refractivity contribution < 1.29 is 9.32 Å². The Bertz CT molecular complexity index is 657. The van der Waals surface area contributed by atoms with E-state index in [1.54, 1.807) is 18.0 Å². The third-order valence-corrected chi connectivity index (χ3v) is 3.74. The number of hydrogen-bond acceptors (Lipinski definition) is 7. The van der Waals surface area contributed by atoms with Gasteiger partial charge in [0.25, 0.3) is 5.91 Å². The molecule has 2 aromatic rings. The number of carbonyl (C=O) groups excluding carboxylic acids is 1. The molecule has 1 fully saturated rings. The lowest BCUT2D eigenvalue weighted by atomic mass is 10.0. The zero-order chi connectivity index (χ0) is 15.5. The van der Waals surface area contributed by atoms with E-state index in [-0.39, 0.29) is 11.9 Å². The third kappa shape index (κ3) is 2.76. The Labute approximate surface area is 127 Å². The molecule has 0 bridgehead atoms. The highest BCUT2D eigenvalue weighted by Gasteiger charge is 2.32. The second-order valence-electron chi connectivity index (χ2n) is 5.27. The molecule has 0 aliphatic carbocycles. The van der Waals surface area contributed by atoms with Crippen molar-refractivity contribution in [3.63, 3.8) is 0 Å². The van der Waals surface area contributed by atoms with Gasteiger partial charge in [-0.2, -0.15) is 4.98 Å². The van der Waals surface area contributed by atoms with Gasteiger partial charge < -0.3 is 14.7 Å². The van der Waals surface area contributed by atoms with Crippen molar-refractivity contribution in [1.29, 1.82) is 0 Å². The number of rotatable bonds is 3. The minimum absolute atomic E-state index is 0.128. The lowest BCUT2D eigenvalue weighted by Gasteiger charge is -2.33. The number of likely N-dealkylation sites (tertiary alicyclic amines) is 1. The maximum absolute atomic E-state index is 12.8. The molecule has 1 amide bonds. The van der Waals surface area contributed by atoms with Gasteiger partial charge in [0.1, 0.15) is 5.69 Å². The van der Waals surface area contributed by atoms with E-state index in [9.17, 15) is 4.79 Å². The summed E-state index contributed by atoms with van der Waals surface area (Å²) in [5.41, 5.74) is 1.13. The first-order valence-electron chi connectivity index (χ1n) is 7.29. The highest BCUT2D eigenvalue weighted by Crippen LogP contribution is 2.30. The van der Waals surface area contributed by atoms with Crippen LogP contribution in [0.5, 0.6) is 0 Å². The van der Waals surface area contributed by atoms with Gasteiger partial charge in [0.05, 0.1) is 6.04 Å². The summed E-state index contributed by atoms with van der Waals surface area (Å²) in [5.74, 6) is 0.862. The normalized spacial score (nSPS) is 18.3. The van der Waals surface area contributed by atoms with E-state index in [0.717, 1.165) is 25.0 Å². The zero-order valence-electron chi connectivity index (χ0n) is 12.6. The van der Waals surface area contributed by atoms with E-state index in [4.69, 9.17) is 4.52 Å². The fraction of sp³-hybridized carbons (Fsp3) is 0.500. The molecule has 1 aliphatic heterocycles. The largest absolute Gasteiger partial charge is 0.357 e. The van der Waals surface area contributed by atoms with Gasteiger partial charge in [-0.3, -0.25) is 4.79 Å². The minimum atomic E-state index is -0.159. The first kappa shape index (κ1) is 14.4. The molecule has 22 heavy (non-hydrogen) atoms. The van der Waals surface area contributed by atoms with Crippen molar-refractivity contribution >= 4 is 11.9 Å². The second kappa shape index (κ2) is 6.08. The summed E-state index contributed by atoms with van der Waals surface area (Å²) >= 11 is 0. The summed E-state index contributed by atoms with van der Waals surface area (Å²) in [6.45, 7) is 2.50. The molecule has 3 rings (SSSR count). The van der Waals surface area contributed by atoms with E-state index >= 15 is 0 Å². The van der Waals surface area contributed by atoms with Crippen LogP contribution in [-0.4, -0.2) is 44.5 Å². The van der Waals surface area contributed by atoms with Crippen LogP contribution in [0.3, 0.4) is 0 Å². The highest BCUT2D eigenvalue weighted by molar-refractivity contribution is 5.93. The van der Waals surface area contributed by atoms with Gasteiger partial charge in [0.2, 0.25) is 12.3 Å². The number of aromatic nitrogens is 4. The fourth-order valence-electron chi connectivity index (χ4n) is 2.71. The molecular weight excluding hydrogens is 284 g/mol. The second-order valence-corrected chi connectivity index (χ2v) is 5.27. The smallest absolute Gasteiger partial charge is 0.273 e. The summed E-state index contributed by atoms with van der Waals surface area (Å²) in [7, 11) is 1.73. The zero-order valence-corrected chi connectivity index (χ0v) is 12.6. The standard InChI is InChI=1S/C14H18N6O2/c1-9-7-10(18-14(15-2)17-9)13(21)20-6-4-3-5-11(20)12-16-8-22-19-12/h7-8,11H,3-6H2,1-2H3,(H,15,17,18)/t11-/m1/s1. The molecule has 0 radical (unpaired) electrons. The van der Waals surface area contributed by atoms with Gasteiger partial charge in [-0.1, -0.05) is 5.16 Å². The van der Waals surface area contributed by atoms with Crippen molar-refractivity contribution in [2.24, 2.45) is 0 Å². The molecule has 8 heteroatoms. The van der Waals surface area contributed by atoms with Crippen LogP contribution in [0.1, 0.15) is 47.3 Å². The van der Waals surface area contributed by atoms with Crippen molar-refractivity contribution in [2.45, 2.75) is 32.2 Å². The van der Waals surface area contributed by atoms with Crippen LogP contribution in [0, 0.1) is 6.92 Å².